The second kappa shape index (κ2) is 3.65. The molecule has 1 aromatic carbocycles. The van der Waals surface area contributed by atoms with Crippen molar-refractivity contribution in [2.45, 2.75) is 19.3 Å². The molecule has 0 fully saturated rings. The molecule has 88 valence electrons. The molecule has 0 aliphatic heterocycles. The van der Waals surface area contributed by atoms with E-state index in [9.17, 15) is 8.78 Å². The third kappa shape index (κ3) is 1.47. The Labute approximate surface area is 97.7 Å². The fraction of sp³-hybridized carbons (Fsp3) is 0.308. The number of aryl methyl sites for hydroxylation is 1. The van der Waals surface area contributed by atoms with Crippen LogP contribution in [0.3, 0.4) is 0 Å². The zero-order valence-corrected chi connectivity index (χ0v) is 9.48. The normalized spacial score (nSPS) is 14.1. The van der Waals surface area contributed by atoms with E-state index in [1.165, 1.54) is 6.07 Å². The van der Waals surface area contributed by atoms with Crippen LogP contribution in [0.1, 0.15) is 17.7 Å². The monoisotopic (exact) mass is 234 g/mol. The molecule has 1 aromatic heterocycles. The molecular weight excluding hydrogens is 222 g/mol. The summed E-state index contributed by atoms with van der Waals surface area (Å²) in [6.45, 7) is 0. The van der Waals surface area contributed by atoms with Crippen molar-refractivity contribution in [3.05, 3.63) is 35.0 Å². The molecule has 0 saturated heterocycles. The third-order valence-electron chi connectivity index (χ3n) is 3.28. The molecular formula is C13H12F2N2. The molecule has 17 heavy (non-hydrogen) atoms. The molecule has 0 spiro atoms. The minimum absolute atomic E-state index is 0.261. The molecule has 0 radical (unpaired) electrons. The van der Waals surface area contributed by atoms with Crippen LogP contribution >= 0.6 is 0 Å². The zero-order chi connectivity index (χ0) is 12.0. The van der Waals surface area contributed by atoms with Crippen LogP contribution in [0.25, 0.3) is 10.9 Å². The number of rotatable bonds is 1. The second-order valence-electron chi connectivity index (χ2n) is 4.30. The lowest BCUT2D eigenvalue weighted by molar-refractivity contribution is 0.590. The number of hydrogen-bond acceptors (Lipinski definition) is 2. The Morgan fingerprint density at radius 2 is 2.06 bits per heavy atom. The molecule has 0 saturated carbocycles. The summed E-state index contributed by atoms with van der Waals surface area (Å²) in [4.78, 5) is 4.32. The Morgan fingerprint density at radius 1 is 1.24 bits per heavy atom. The van der Waals surface area contributed by atoms with E-state index in [4.69, 9.17) is 0 Å². The molecule has 1 heterocycles. The van der Waals surface area contributed by atoms with E-state index < -0.39 is 11.6 Å². The quantitative estimate of drug-likeness (QED) is 0.820. The van der Waals surface area contributed by atoms with Gasteiger partial charge in [-0.15, -0.1) is 0 Å². The number of nitrogens with zero attached hydrogens (tertiary/aromatic N) is 1. The molecule has 1 aliphatic rings. The van der Waals surface area contributed by atoms with Crippen molar-refractivity contribution in [2.24, 2.45) is 0 Å². The number of aromatic nitrogens is 1. The minimum atomic E-state index is -0.591. The van der Waals surface area contributed by atoms with Crippen molar-refractivity contribution in [2.75, 3.05) is 12.4 Å². The van der Waals surface area contributed by atoms with E-state index >= 15 is 0 Å². The summed E-state index contributed by atoms with van der Waals surface area (Å²) >= 11 is 0. The predicted molar refractivity (Wildman–Crippen MR) is 63.2 cm³/mol. The Bertz CT molecular complexity index is 608. The summed E-state index contributed by atoms with van der Waals surface area (Å²) in [5.41, 5.74) is 3.12. The maximum atomic E-state index is 13.7. The number of hydrogen-bond donors (Lipinski definition) is 1. The van der Waals surface area contributed by atoms with Gasteiger partial charge >= 0.3 is 0 Å². The van der Waals surface area contributed by atoms with Crippen LogP contribution in [0, 0.1) is 11.6 Å². The van der Waals surface area contributed by atoms with Gasteiger partial charge in [-0.1, -0.05) is 0 Å². The number of pyridine rings is 1. The predicted octanol–water partition coefficient (Wildman–Crippen LogP) is 3.04. The molecule has 3 rings (SSSR count). The van der Waals surface area contributed by atoms with E-state index in [1.54, 1.807) is 7.05 Å². The van der Waals surface area contributed by atoms with Gasteiger partial charge in [0.25, 0.3) is 0 Å². The van der Waals surface area contributed by atoms with Gasteiger partial charge in [-0.05, 0) is 30.9 Å². The Balaban J connectivity index is 2.45. The lowest BCUT2D eigenvalue weighted by atomic mass is 10.1. The molecule has 1 N–H and O–H groups in total. The first kappa shape index (κ1) is 10.4. The fourth-order valence-corrected chi connectivity index (χ4v) is 2.57. The number of nitrogens with one attached hydrogen (secondary N) is 1. The molecule has 0 unspecified atom stereocenters. The first-order valence-corrected chi connectivity index (χ1v) is 5.69. The average Bonchev–Trinajstić information content (AvgIpc) is 2.74. The van der Waals surface area contributed by atoms with Crippen LogP contribution in [0.2, 0.25) is 0 Å². The second-order valence-corrected chi connectivity index (χ2v) is 4.30. The third-order valence-corrected chi connectivity index (χ3v) is 3.28. The van der Waals surface area contributed by atoms with E-state index in [2.05, 4.69) is 10.3 Å². The number of anilines is 1. The summed E-state index contributed by atoms with van der Waals surface area (Å²) < 4.78 is 27.0. The Hall–Kier alpha value is -1.71. The summed E-state index contributed by atoms with van der Waals surface area (Å²) in [6.07, 6.45) is 2.82. The van der Waals surface area contributed by atoms with Crippen LogP contribution < -0.4 is 5.32 Å². The van der Waals surface area contributed by atoms with Gasteiger partial charge in [0.1, 0.15) is 11.3 Å². The van der Waals surface area contributed by atoms with Crippen molar-refractivity contribution in [3.63, 3.8) is 0 Å². The lowest BCUT2D eigenvalue weighted by Crippen LogP contribution is -2.01. The van der Waals surface area contributed by atoms with Crippen LogP contribution in [-0.2, 0) is 12.8 Å². The summed E-state index contributed by atoms with van der Waals surface area (Å²) in [5.74, 6) is -1.16. The summed E-state index contributed by atoms with van der Waals surface area (Å²) in [7, 11) is 1.77. The van der Waals surface area contributed by atoms with Crippen LogP contribution in [0.5, 0.6) is 0 Å². The SMILES string of the molecule is CNc1c2c(nc3c(F)cc(F)cc13)CCC2. The van der Waals surface area contributed by atoms with E-state index in [-0.39, 0.29) is 5.52 Å². The fourth-order valence-electron chi connectivity index (χ4n) is 2.57. The highest BCUT2D eigenvalue weighted by Gasteiger charge is 2.20. The van der Waals surface area contributed by atoms with Crippen molar-refractivity contribution in [3.8, 4) is 0 Å². The van der Waals surface area contributed by atoms with Gasteiger partial charge in [0.05, 0.1) is 0 Å². The van der Waals surface area contributed by atoms with Crippen LogP contribution in [-0.4, -0.2) is 12.0 Å². The van der Waals surface area contributed by atoms with Gasteiger partial charge < -0.3 is 5.32 Å². The van der Waals surface area contributed by atoms with Gasteiger partial charge in [-0.2, -0.15) is 0 Å². The number of fused-ring (bicyclic) bond motifs is 2. The standard InChI is InChI=1S/C13H12F2N2/c1-16-12-8-3-2-4-11(8)17-13-9(12)5-7(14)6-10(13)15/h5-6H,2-4H2,1H3,(H,16,17). The molecule has 2 nitrogen and oxygen atoms in total. The van der Waals surface area contributed by atoms with Gasteiger partial charge in [-0.25, -0.2) is 13.8 Å². The first-order valence-electron chi connectivity index (χ1n) is 5.69. The maximum absolute atomic E-state index is 13.7. The summed E-state index contributed by atoms with van der Waals surface area (Å²) in [5, 5.41) is 3.58. The maximum Gasteiger partial charge on any atom is 0.152 e. The molecule has 0 bridgehead atoms. The van der Waals surface area contributed by atoms with E-state index in [0.29, 0.717) is 5.39 Å². The number of benzene rings is 1. The molecule has 0 atom stereocenters. The highest BCUT2D eigenvalue weighted by atomic mass is 19.1. The largest absolute Gasteiger partial charge is 0.387 e. The van der Waals surface area contributed by atoms with Gasteiger partial charge in [0.2, 0.25) is 0 Å². The van der Waals surface area contributed by atoms with Gasteiger partial charge in [0.15, 0.2) is 5.82 Å². The topological polar surface area (TPSA) is 24.9 Å². The van der Waals surface area contributed by atoms with Crippen molar-refractivity contribution in [1.82, 2.24) is 4.98 Å². The Kier molecular flexibility index (Phi) is 2.24. The highest BCUT2D eigenvalue weighted by molar-refractivity contribution is 5.94. The molecule has 0 amide bonds. The van der Waals surface area contributed by atoms with Gasteiger partial charge in [-0.3, -0.25) is 0 Å². The van der Waals surface area contributed by atoms with Crippen LogP contribution in [0.15, 0.2) is 12.1 Å². The smallest absolute Gasteiger partial charge is 0.152 e. The van der Waals surface area contributed by atoms with E-state index in [0.717, 1.165) is 42.3 Å². The molecule has 4 heteroatoms. The first-order chi connectivity index (χ1) is 8.20. The zero-order valence-electron chi connectivity index (χ0n) is 9.48. The summed E-state index contributed by atoms with van der Waals surface area (Å²) in [6, 6.07) is 2.23. The lowest BCUT2D eigenvalue weighted by Gasteiger charge is -2.12. The number of halogens is 2. The molecule has 2 aromatic rings. The van der Waals surface area contributed by atoms with Gasteiger partial charge in [0, 0.05) is 29.9 Å². The molecule has 1 aliphatic carbocycles. The van der Waals surface area contributed by atoms with Crippen molar-refractivity contribution >= 4 is 16.6 Å². The average molecular weight is 234 g/mol. The van der Waals surface area contributed by atoms with Crippen molar-refractivity contribution in [1.29, 1.82) is 0 Å². The van der Waals surface area contributed by atoms with Crippen molar-refractivity contribution < 1.29 is 8.78 Å². The van der Waals surface area contributed by atoms with Crippen LogP contribution in [0.4, 0.5) is 14.5 Å². The highest BCUT2D eigenvalue weighted by Crippen LogP contribution is 2.34. The minimum Gasteiger partial charge on any atom is -0.387 e. The Morgan fingerprint density at radius 3 is 2.82 bits per heavy atom. The van der Waals surface area contributed by atoms with E-state index in [1.807, 2.05) is 0 Å².